The average molecular weight is 284 g/mol. The molecule has 6 nitrogen and oxygen atoms in total. The Bertz CT molecular complexity index is 373. The zero-order valence-electron chi connectivity index (χ0n) is 11.8. The highest BCUT2D eigenvalue weighted by Gasteiger charge is 2.41. The number of ether oxygens (including phenoxy) is 2. The Kier molecular flexibility index (Phi) is 4.34. The van der Waals surface area contributed by atoms with Gasteiger partial charge in [0.25, 0.3) is 0 Å². The molecule has 0 aromatic heterocycles. The van der Waals surface area contributed by atoms with E-state index in [-0.39, 0.29) is 37.3 Å². The molecule has 0 N–H and O–H groups in total. The van der Waals surface area contributed by atoms with Gasteiger partial charge in [-0.1, -0.05) is 0 Å². The number of carbonyl (C=O) groups is 2. The summed E-state index contributed by atoms with van der Waals surface area (Å²) in [6.45, 7) is 3.81. The second kappa shape index (κ2) is 5.69. The molecular formula is C14H20O6-2. The summed E-state index contributed by atoms with van der Waals surface area (Å²) in [6.07, 6.45) is 1.34. The number of carboxylic acids is 2. The predicted octanol–water partition coefficient (Wildman–Crippen LogP) is -1.00. The molecule has 0 aromatic carbocycles. The van der Waals surface area contributed by atoms with Crippen LogP contribution in [0.4, 0.5) is 0 Å². The number of hydrogen-bond donors (Lipinski definition) is 0. The minimum absolute atomic E-state index is 0.0339. The molecule has 0 aliphatic carbocycles. The van der Waals surface area contributed by atoms with Crippen LogP contribution in [0.3, 0.4) is 0 Å². The van der Waals surface area contributed by atoms with Crippen LogP contribution in [-0.2, 0) is 19.1 Å². The molecule has 2 saturated heterocycles. The zero-order valence-corrected chi connectivity index (χ0v) is 11.8. The van der Waals surface area contributed by atoms with Crippen molar-refractivity contribution in [3.8, 4) is 0 Å². The van der Waals surface area contributed by atoms with E-state index in [0.29, 0.717) is 12.8 Å². The average Bonchev–Trinajstić information content (AvgIpc) is 3.22. The summed E-state index contributed by atoms with van der Waals surface area (Å²) in [5.41, 5.74) is -1.38. The molecule has 0 aromatic rings. The summed E-state index contributed by atoms with van der Waals surface area (Å²) in [5, 5.41) is 22.4. The van der Waals surface area contributed by atoms with Gasteiger partial charge in [-0.05, 0) is 46.0 Å². The van der Waals surface area contributed by atoms with Crippen LogP contribution in [0.5, 0.6) is 0 Å². The first-order valence-electron chi connectivity index (χ1n) is 7.06. The lowest BCUT2D eigenvalue weighted by atomic mass is 9.75. The Labute approximate surface area is 118 Å². The molecule has 0 spiro atoms. The Morgan fingerprint density at radius 1 is 1.00 bits per heavy atom. The second-order valence-corrected chi connectivity index (χ2v) is 5.95. The smallest absolute Gasteiger partial charge is 0.0839 e. The van der Waals surface area contributed by atoms with Crippen LogP contribution in [0, 0.1) is 5.41 Å². The third-order valence-electron chi connectivity index (χ3n) is 4.40. The van der Waals surface area contributed by atoms with E-state index in [2.05, 4.69) is 0 Å². The van der Waals surface area contributed by atoms with Gasteiger partial charge in [0.2, 0.25) is 0 Å². The van der Waals surface area contributed by atoms with E-state index in [4.69, 9.17) is 9.47 Å². The van der Waals surface area contributed by atoms with Gasteiger partial charge in [-0.15, -0.1) is 0 Å². The Morgan fingerprint density at radius 3 is 1.65 bits per heavy atom. The summed E-state index contributed by atoms with van der Waals surface area (Å²) in [7, 11) is 0. The highest BCUT2D eigenvalue weighted by Crippen LogP contribution is 2.40. The van der Waals surface area contributed by atoms with E-state index in [0.717, 1.165) is 0 Å². The quantitative estimate of drug-likeness (QED) is 0.503. The molecule has 0 amide bonds. The van der Waals surface area contributed by atoms with Crippen molar-refractivity contribution in [3.63, 3.8) is 0 Å². The maximum absolute atomic E-state index is 11.5. The summed E-state index contributed by atoms with van der Waals surface area (Å²) < 4.78 is 10.5. The van der Waals surface area contributed by atoms with Crippen molar-refractivity contribution in [2.24, 2.45) is 5.41 Å². The molecule has 20 heavy (non-hydrogen) atoms. The highest BCUT2D eigenvalue weighted by atomic mass is 16.6. The van der Waals surface area contributed by atoms with Gasteiger partial charge in [-0.2, -0.15) is 0 Å². The fourth-order valence-electron chi connectivity index (χ4n) is 2.76. The lowest BCUT2D eigenvalue weighted by Gasteiger charge is -2.35. The molecule has 2 aliphatic rings. The highest BCUT2D eigenvalue weighted by molar-refractivity contribution is 5.79. The molecular weight excluding hydrogens is 264 g/mol. The van der Waals surface area contributed by atoms with E-state index in [1.165, 1.54) is 0 Å². The zero-order chi connectivity index (χ0) is 14.9. The van der Waals surface area contributed by atoms with Crippen LogP contribution < -0.4 is 10.2 Å². The lowest BCUT2D eigenvalue weighted by Crippen LogP contribution is -2.46. The fraction of sp³-hybridized carbons (Fsp3) is 0.857. The number of carboxylic acid groups (broad SMARTS) is 2. The van der Waals surface area contributed by atoms with E-state index >= 15 is 0 Å². The van der Waals surface area contributed by atoms with E-state index in [1.54, 1.807) is 0 Å². The number of epoxide rings is 2. The first kappa shape index (κ1) is 15.3. The topological polar surface area (TPSA) is 105 Å². The number of rotatable bonds is 9. The van der Waals surface area contributed by atoms with Crippen LogP contribution >= 0.6 is 0 Å². The van der Waals surface area contributed by atoms with Gasteiger partial charge >= 0.3 is 0 Å². The first-order chi connectivity index (χ1) is 9.34. The predicted molar refractivity (Wildman–Crippen MR) is 64.2 cm³/mol. The van der Waals surface area contributed by atoms with Gasteiger partial charge in [0, 0.05) is 17.4 Å². The van der Waals surface area contributed by atoms with Crippen molar-refractivity contribution < 1.29 is 29.3 Å². The van der Waals surface area contributed by atoms with Crippen LogP contribution in [0.2, 0.25) is 0 Å². The molecule has 0 saturated carbocycles. The lowest BCUT2D eigenvalue weighted by molar-refractivity contribution is -0.329. The normalized spacial score (nSPS) is 34.3. The van der Waals surface area contributed by atoms with E-state index in [9.17, 15) is 19.8 Å². The Balaban J connectivity index is 1.97. The van der Waals surface area contributed by atoms with Gasteiger partial charge in [-0.25, -0.2) is 0 Å². The van der Waals surface area contributed by atoms with E-state index < -0.39 is 23.8 Å². The van der Waals surface area contributed by atoms with Crippen molar-refractivity contribution in [1.29, 1.82) is 0 Å². The number of aliphatic carboxylic acids is 2. The van der Waals surface area contributed by atoms with Gasteiger partial charge in [0.1, 0.15) is 0 Å². The molecule has 2 rings (SSSR count). The van der Waals surface area contributed by atoms with Gasteiger partial charge in [0.15, 0.2) is 0 Å². The fourth-order valence-corrected chi connectivity index (χ4v) is 2.76. The third kappa shape index (κ3) is 3.70. The van der Waals surface area contributed by atoms with Crippen molar-refractivity contribution >= 4 is 11.9 Å². The molecule has 2 aliphatic heterocycles. The van der Waals surface area contributed by atoms with Crippen LogP contribution in [-0.4, -0.2) is 36.4 Å². The van der Waals surface area contributed by atoms with Gasteiger partial charge < -0.3 is 29.3 Å². The van der Waals surface area contributed by atoms with Crippen molar-refractivity contribution in [2.75, 3.05) is 0 Å². The number of carbonyl (C=O) groups excluding carboxylic acids is 2. The van der Waals surface area contributed by atoms with Crippen LogP contribution in [0.1, 0.15) is 46.0 Å². The largest absolute Gasteiger partial charge is 0.550 e. The van der Waals surface area contributed by atoms with Gasteiger partial charge in [0.05, 0.1) is 24.4 Å². The van der Waals surface area contributed by atoms with Crippen LogP contribution in [0.25, 0.3) is 0 Å². The summed E-state index contributed by atoms with van der Waals surface area (Å²) >= 11 is 0. The summed E-state index contributed by atoms with van der Waals surface area (Å²) in [4.78, 5) is 22.4. The standard InChI is InChI=1S/C14H22O6/c1-8-10(19-8)3-5-14(13(17)18,7-12(15)16)6-4-11-9(2)20-11/h8-11H,3-7H2,1-2H3,(H,15,16)(H,17,18)/p-2. The molecule has 4 atom stereocenters. The SMILES string of the molecule is CC1OC1CCC(CCC1OC1C)(CC(=O)[O-])C(=O)[O-]. The minimum Gasteiger partial charge on any atom is -0.550 e. The molecule has 2 fully saturated rings. The third-order valence-corrected chi connectivity index (χ3v) is 4.40. The Hall–Kier alpha value is -1.14. The second-order valence-electron chi connectivity index (χ2n) is 5.95. The molecule has 114 valence electrons. The molecule has 0 radical (unpaired) electrons. The monoisotopic (exact) mass is 284 g/mol. The number of hydrogen-bond acceptors (Lipinski definition) is 6. The van der Waals surface area contributed by atoms with Crippen molar-refractivity contribution in [3.05, 3.63) is 0 Å². The van der Waals surface area contributed by atoms with Crippen molar-refractivity contribution in [2.45, 2.75) is 70.4 Å². The maximum Gasteiger partial charge on any atom is 0.0839 e. The Morgan fingerprint density at radius 2 is 1.40 bits per heavy atom. The molecule has 2 heterocycles. The van der Waals surface area contributed by atoms with Crippen LogP contribution in [0.15, 0.2) is 0 Å². The van der Waals surface area contributed by atoms with E-state index in [1.807, 2.05) is 13.8 Å². The minimum atomic E-state index is -1.38. The summed E-state index contributed by atoms with van der Waals surface area (Å²) in [6, 6.07) is 0. The molecule has 0 bridgehead atoms. The van der Waals surface area contributed by atoms with Gasteiger partial charge in [-0.3, -0.25) is 0 Å². The molecule has 4 unspecified atom stereocenters. The molecule has 6 heteroatoms. The summed E-state index contributed by atoms with van der Waals surface area (Å²) in [5.74, 6) is -2.67. The van der Waals surface area contributed by atoms with Crippen molar-refractivity contribution in [1.82, 2.24) is 0 Å². The maximum atomic E-state index is 11.5. The first-order valence-corrected chi connectivity index (χ1v) is 7.06.